The van der Waals surface area contributed by atoms with Crippen LogP contribution in [0.3, 0.4) is 0 Å². The summed E-state index contributed by atoms with van der Waals surface area (Å²) in [4.78, 5) is 2.53. The standard InChI is InChI=1S/C18H26ClNO2/c1-21-13-16-14-22-11-8-18(16)6-9-20(10-7-18)12-15-4-2-3-5-17(15)19/h2-5,16H,6-14H2,1H3. The van der Waals surface area contributed by atoms with Crippen molar-refractivity contribution in [1.82, 2.24) is 4.90 Å². The number of ether oxygens (including phenoxy) is 2. The summed E-state index contributed by atoms with van der Waals surface area (Å²) < 4.78 is 11.1. The third-order valence-corrected chi connectivity index (χ3v) is 5.87. The summed E-state index contributed by atoms with van der Waals surface area (Å²) in [6.07, 6.45) is 3.67. The number of nitrogens with zero attached hydrogens (tertiary/aromatic N) is 1. The van der Waals surface area contributed by atoms with Gasteiger partial charge in [-0.05, 0) is 49.4 Å². The molecule has 1 aromatic rings. The Morgan fingerprint density at radius 2 is 2.05 bits per heavy atom. The third-order valence-electron chi connectivity index (χ3n) is 5.50. The smallest absolute Gasteiger partial charge is 0.0521 e. The molecule has 0 radical (unpaired) electrons. The molecule has 2 aliphatic heterocycles. The minimum Gasteiger partial charge on any atom is -0.384 e. The van der Waals surface area contributed by atoms with E-state index in [1.54, 1.807) is 7.11 Å². The quantitative estimate of drug-likeness (QED) is 0.845. The van der Waals surface area contributed by atoms with Crippen LogP contribution in [0.15, 0.2) is 24.3 Å². The van der Waals surface area contributed by atoms with Crippen LogP contribution in [0.25, 0.3) is 0 Å². The summed E-state index contributed by atoms with van der Waals surface area (Å²) in [5.74, 6) is 0.550. The van der Waals surface area contributed by atoms with Gasteiger partial charge in [0.1, 0.15) is 0 Å². The predicted molar refractivity (Wildman–Crippen MR) is 89.2 cm³/mol. The van der Waals surface area contributed by atoms with Crippen LogP contribution in [0.5, 0.6) is 0 Å². The van der Waals surface area contributed by atoms with Gasteiger partial charge in [-0.3, -0.25) is 4.90 Å². The molecule has 2 aliphatic rings. The van der Waals surface area contributed by atoms with Crippen LogP contribution >= 0.6 is 11.6 Å². The van der Waals surface area contributed by atoms with Gasteiger partial charge in [-0.1, -0.05) is 29.8 Å². The molecule has 122 valence electrons. The number of hydrogen-bond donors (Lipinski definition) is 0. The van der Waals surface area contributed by atoms with Gasteiger partial charge in [-0.15, -0.1) is 0 Å². The zero-order valence-corrected chi connectivity index (χ0v) is 14.1. The molecule has 3 rings (SSSR count). The molecule has 1 atom stereocenters. The van der Waals surface area contributed by atoms with E-state index in [0.29, 0.717) is 11.3 Å². The Bertz CT molecular complexity index is 484. The van der Waals surface area contributed by atoms with Gasteiger partial charge in [0.2, 0.25) is 0 Å². The summed E-state index contributed by atoms with van der Waals surface area (Å²) in [5, 5.41) is 0.881. The second-order valence-electron chi connectivity index (χ2n) is 6.71. The van der Waals surface area contributed by atoms with Gasteiger partial charge in [0.05, 0.1) is 13.2 Å². The van der Waals surface area contributed by atoms with Crippen molar-refractivity contribution in [3.05, 3.63) is 34.9 Å². The molecule has 1 unspecified atom stereocenters. The van der Waals surface area contributed by atoms with Crippen LogP contribution in [-0.2, 0) is 16.0 Å². The van der Waals surface area contributed by atoms with Gasteiger partial charge >= 0.3 is 0 Å². The molecule has 4 heteroatoms. The van der Waals surface area contributed by atoms with E-state index >= 15 is 0 Å². The lowest BCUT2D eigenvalue weighted by Crippen LogP contribution is -2.49. The molecule has 0 bridgehead atoms. The normalized spacial score (nSPS) is 25.5. The lowest BCUT2D eigenvalue weighted by atomic mass is 9.66. The zero-order valence-electron chi connectivity index (χ0n) is 13.4. The van der Waals surface area contributed by atoms with E-state index in [9.17, 15) is 0 Å². The molecule has 0 aromatic heterocycles. The van der Waals surface area contributed by atoms with Crippen LogP contribution in [0, 0.1) is 11.3 Å². The van der Waals surface area contributed by atoms with Crippen molar-refractivity contribution in [2.45, 2.75) is 25.8 Å². The first-order valence-electron chi connectivity index (χ1n) is 8.26. The summed E-state index contributed by atoms with van der Waals surface area (Å²) in [6, 6.07) is 8.18. The van der Waals surface area contributed by atoms with Crippen LogP contribution in [0.4, 0.5) is 0 Å². The van der Waals surface area contributed by atoms with E-state index in [1.165, 1.54) is 24.8 Å². The number of piperidine rings is 1. The lowest BCUT2D eigenvalue weighted by molar-refractivity contribution is -0.0951. The molecular weight excluding hydrogens is 298 g/mol. The van der Waals surface area contributed by atoms with Crippen molar-refractivity contribution < 1.29 is 9.47 Å². The highest BCUT2D eigenvalue weighted by molar-refractivity contribution is 6.31. The van der Waals surface area contributed by atoms with E-state index in [4.69, 9.17) is 21.1 Å². The first kappa shape index (κ1) is 16.3. The Labute approximate surface area is 138 Å². The molecule has 22 heavy (non-hydrogen) atoms. The monoisotopic (exact) mass is 323 g/mol. The molecule has 0 amide bonds. The minimum atomic E-state index is 0.422. The Morgan fingerprint density at radius 1 is 1.27 bits per heavy atom. The summed E-state index contributed by atoms with van der Waals surface area (Å²) in [5.41, 5.74) is 1.66. The average Bonchev–Trinajstić information content (AvgIpc) is 2.54. The Hall–Kier alpha value is -0.610. The molecule has 3 nitrogen and oxygen atoms in total. The topological polar surface area (TPSA) is 21.7 Å². The largest absolute Gasteiger partial charge is 0.384 e. The number of methoxy groups -OCH3 is 1. The maximum atomic E-state index is 6.29. The van der Waals surface area contributed by atoms with Gasteiger partial charge in [0.15, 0.2) is 0 Å². The SMILES string of the molecule is COCC1COCCC12CCN(Cc1ccccc1Cl)CC2. The van der Waals surface area contributed by atoms with Gasteiger partial charge in [0.25, 0.3) is 0 Å². The maximum absolute atomic E-state index is 6.29. The van der Waals surface area contributed by atoms with Crippen molar-refractivity contribution in [3.8, 4) is 0 Å². The average molecular weight is 324 g/mol. The highest BCUT2D eigenvalue weighted by atomic mass is 35.5. The highest BCUT2D eigenvalue weighted by Crippen LogP contribution is 2.45. The first-order chi connectivity index (χ1) is 10.7. The van der Waals surface area contributed by atoms with E-state index in [-0.39, 0.29) is 0 Å². The fraction of sp³-hybridized carbons (Fsp3) is 0.667. The van der Waals surface area contributed by atoms with Crippen molar-refractivity contribution in [2.24, 2.45) is 11.3 Å². The van der Waals surface area contributed by atoms with Crippen LogP contribution in [0.1, 0.15) is 24.8 Å². The van der Waals surface area contributed by atoms with Crippen LogP contribution in [0.2, 0.25) is 5.02 Å². The number of hydrogen-bond acceptors (Lipinski definition) is 3. The van der Waals surface area contributed by atoms with Crippen molar-refractivity contribution >= 4 is 11.6 Å². The summed E-state index contributed by atoms with van der Waals surface area (Å²) in [6.45, 7) is 5.84. The molecular formula is C18H26ClNO2. The molecule has 1 spiro atoms. The molecule has 1 aromatic carbocycles. The van der Waals surface area contributed by atoms with E-state index in [0.717, 1.165) is 44.5 Å². The maximum Gasteiger partial charge on any atom is 0.0521 e. The minimum absolute atomic E-state index is 0.422. The fourth-order valence-electron chi connectivity index (χ4n) is 3.99. The summed E-state index contributed by atoms with van der Waals surface area (Å²) in [7, 11) is 1.80. The number of likely N-dealkylation sites (tertiary alicyclic amines) is 1. The van der Waals surface area contributed by atoms with Gasteiger partial charge in [-0.25, -0.2) is 0 Å². The second-order valence-corrected chi connectivity index (χ2v) is 7.11. The van der Waals surface area contributed by atoms with Crippen LogP contribution in [-0.4, -0.2) is 44.9 Å². The predicted octanol–water partition coefficient (Wildman–Crippen LogP) is 3.61. The molecule has 0 N–H and O–H groups in total. The number of rotatable bonds is 4. The number of halogens is 1. The molecule has 2 heterocycles. The fourth-order valence-corrected chi connectivity index (χ4v) is 4.19. The van der Waals surface area contributed by atoms with E-state index in [2.05, 4.69) is 17.0 Å². The third kappa shape index (κ3) is 3.48. The number of benzene rings is 1. The van der Waals surface area contributed by atoms with Gasteiger partial charge in [0, 0.05) is 31.2 Å². The van der Waals surface area contributed by atoms with Crippen molar-refractivity contribution in [1.29, 1.82) is 0 Å². The molecule has 0 saturated carbocycles. The lowest BCUT2D eigenvalue weighted by Gasteiger charge is -2.49. The Morgan fingerprint density at radius 3 is 2.77 bits per heavy atom. The van der Waals surface area contributed by atoms with E-state index < -0.39 is 0 Å². The van der Waals surface area contributed by atoms with Crippen molar-refractivity contribution in [3.63, 3.8) is 0 Å². The molecule has 2 saturated heterocycles. The summed E-state index contributed by atoms with van der Waals surface area (Å²) >= 11 is 6.29. The van der Waals surface area contributed by atoms with Gasteiger partial charge < -0.3 is 9.47 Å². The zero-order chi connectivity index (χ0) is 15.4. The van der Waals surface area contributed by atoms with E-state index in [1.807, 2.05) is 12.1 Å². The Kier molecular flexibility index (Phi) is 5.40. The Balaban J connectivity index is 1.60. The van der Waals surface area contributed by atoms with Gasteiger partial charge in [-0.2, -0.15) is 0 Å². The molecule has 2 fully saturated rings. The highest BCUT2D eigenvalue weighted by Gasteiger charge is 2.43. The second kappa shape index (κ2) is 7.31. The van der Waals surface area contributed by atoms with Crippen LogP contribution < -0.4 is 0 Å². The molecule has 0 aliphatic carbocycles. The first-order valence-corrected chi connectivity index (χ1v) is 8.64. The van der Waals surface area contributed by atoms with Crippen molar-refractivity contribution in [2.75, 3.05) is 40.0 Å².